The summed E-state index contributed by atoms with van der Waals surface area (Å²) in [5, 5.41) is 5.11. The van der Waals surface area contributed by atoms with E-state index < -0.39 is 0 Å². The third-order valence-corrected chi connectivity index (χ3v) is 10.5. The average molecular weight is 630 g/mol. The van der Waals surface area contributed by atoms with Gasteiger partial charge in [-0.15, -0.1) is 11.3 Å². The van der Waals surface area contributed by atoms with Crippen molar-refractivity contribution in [2.45, 2.75) is 0 Å². The molecule has 0 N–H and O–H groups in total. The first-order valence-electron chi connectivity index (χ1n) is 16.3. The van der Waals surface area contributed by atoms with Gasteiger partial charge in [0.25, 0.3) is 0 Å². The minimum absolute atomic E-state index is 1.13. The summed E-state index contributed by atoms with van der Waals surface area (Å²) in [5.41, 5.74) is 10.8. The maximum atomic E-state index is 2.41. The summed E-state index contributed by atoms with van der Waals surface area (Å²) in [6.45, 7) is 0. The lowest BCUT2D eigenvalue weighted by Gasteiger charge is -2.26. The van der Waals surface area contributed by atoms with Crippen molar-refractivity contribution >= 4 is 59.3 Å². The molecule has 0 spiro atoms. The molecule has 0 saturated carbocycles. The Morgan fingerprint density at radius 2 is 0.896 bits per heavy atom. The summed E-state index contributed by atoms with van der Waals surface area (Å²) in [4.78, 5) is 2.41. The van der Waals surface area contributed by atoms with Gasteiger partial charge in [-0.2, -0.15) is 0 Å². The zero-order valence-electron chi connectivity index (χ0n) is 26.3. The van der Waals surface area contributed by atoms with Crippen LogP contribution in [0, 0.1) is 0 Å². The Bertz CT molecular complexity index is 2530. The van der Waals surface area contributed by atoms with E-state index in [0.717, 1.165) is 11.4 Å². The normalized spacial score (nSPS) is 11.3. The van der Waals surface area contributed by atoms with Gasteiger partial charge >= 0.3 is 0 Å². The van der Waals surface area contributed by atoms with Crippen LogP contribution in [0.25, 0.3) is 64.3 Å². The Morgan fingerprint density at radius 3 is 1.60 bits per heavy atom. The van der Waals surface area contributed by atoms with Gasteiger partial charge in [0, 0.05) is 26.8 Å². The molecule has 0 radical (unpaired) electrons. The molecule has 1 heterocycles. The van der Waals surface area contributed by atoms with E-state index in [1.807, 2.05) is 11.3 Å². The summed E-state index contributed by atoms with van der Waals surface area (Å²) in [6, 6.07) is 68.1. The van der Waals surface area contributed by atoms with E-state index in [9.17, 15) is 0 Å². The Hall–Kier alpha value is -5.96. The molecule has 1 aromatic heterocycles. The Kier molecular flexibility index (Phi) is 7.07. The molecule has 8 aromatic carbocycles. The molecule has 9 aromatic rings. The third-order valence-electron chi connectivity index (χ3n) is 9.26. The summed E-state index contributed by atoms with van der Waals surface area (Å²) in [5.74, 6) is 0. The molecular weight excluding hydrogens is 599 g/mol. The molecule has 0 fully saturated rings. The van der Waals surface area contributed by atoms with E-state index >= 15 is 0 Å². The van der Waals surface area contributed by atoms with Crippen LogP contribution in [0.4, 0.5) is 17.1 Å². The van der Waals surface area contributed by atoms with Crippen LogP contribution in [0.3, 0.4) is 0 Å². The van der Waals surface area contributed by atoms with Gasteiger partial charge in [0.2, 0.25) is 0 Å². The molecular formula is C46H31NS. The SMILES string of the molecule is c1ccc(-c2ccc(N(c3ccc(-c4cc(-c5ccccc5)c5ccccc5c4)cc3)c3cccc4c3sc3ccccc34)cc2)cc1. The molecule has 1 nitrogen and oxygen atoms in total. The fourth-order valence-corrected chi connectivity index (χ4v) is 8.11. The largest absolute Gasteiger partial charge is 0.309 e. The zero-order chi connectivity index (χ0) is 31.9. The van der Waals surface area contributed by atoms with Crippen LogP contribution in [0.5, 0.6) is 0 Å². The van der Waals surface area contributed by atoms with Crippen LogP contribution in [-0.2, 0) is 0 Å². The number of fused-ring (bicyclic) bond motifs is 4. The standard InChI is InChI=1S/C46H31NS/c1-3-12-32(13-4-1)33-22-26-38(27-23-33)47(44-20-11-19-42-41-18-9-10-21-45(41)48-46(42)44)39-28-24-34(25-29-39)37-30-36-16-7-8-17-40(36)43(31-37)35-14-5-2-6-15-35/h1-31H. The van der Waals surface area contributed by atoms with Crippen molar-refractivity contribution in [2.75, 3.05) is 4.90 Å². The van der Waals surface area contributed by atoms with Crippen molar-refractivity contribution in [2.24, 2.45) is 0 Å². The topological polar surface area (TPSA) is 3.24 Å². The predicted octanol–water partition coefficient (Wildman–Crippen LogP) is 13.7. The van der Waals surface area contributed by atoms with E-state index in [-0.39, 0.29) is 0 Å². The first kappa shape index (κ1) is 28.3. The average Bonchev–Trinajstić information content (AvgIpc) is 3.55. The number of thiophene rings is 1. The highest BCUT2D eigenvalue weighted by Gasteiger charge is 2.18. The lowest BCUT2D eigenvalue weighted by molar-refractivity contribution is 1.30. The molecule has 2 heteroatoms. The van der Waals surface area contributed by atoms with E-state index in [0.29, 0.717) is 0 Å². The number of nitrogens with zero attached hydrogens (tertiary/aromatic N) is 1. The molecule has 0 amide bonds. The maximum Gasteiger partial charge on any atom is 0.0640 e. The van der Waals surface area contributed by atoms with Gasteiger partial charge in [0.15, 0.2) is 0 Å². The van der Waals surface area contributed by atoms with Gasteiger partial charge in [-0.1, -0.05) is 140 Å². The predicted molar refractivity (Wildman–Crippen MR) is 208 cm³/mol. The van der Waals surface area contributed by atoms with Crippen LogP contribution in [-0.4, -0.2) is 0 Å². The highest BCUT2D eigenvalue weighted by Crippen LogP contribution is 2.45. The van der Waals surface area contributed by atoms with Crippen molar-refractivity contribution in [1.29, 1.82) is 0 Å². The van der Waals surface area contributed by atoms with Crippen molar-refractivity contribution in [1.82, 2.24) is 0 Å². The van der Waals surface area contributed by atoms with Crippen LogP contribution in [0.1, 0.15) is 0 Å². The fourth-order valence-electron chi connectivity index (χ4n) is 6.91. The summed E-state index contributed by atoms with van der Waals surface area (Å²) in [6.07, 6.45) is 0. The molecule has 0 aliphatic carbocycles. The van der Waals surface area contributed by atoms with Crippen molar-refractivity contribution < 1.29 is 0 Å². The lowest BCUT2D eigenvalue weighted by atomic mass is 9.93. The first-order chi connectivity index (χ1) is 23.8. The number of rotatable bonds is 6. The highest BCUT2D eigenvalue weighted by molar-refractivity contribution is 7.26. The Labute approximate surface area is 284 Å². The van der Waals surface area contributed by atoms with Crippen LogP contribution >= 0.6 is 11.3 Å². The van der Waals surface area contributed by atoms with Crippen LogP contribution in [0.15, 0.2) is 188 Å². The van der Waals surface area contributed by atoms with Crippen molar-refractivity contribution in [3.8, 4) is 33.4 Å². The minimum Gasteiger partial charge on any atom is -0.309 e. The summed E-state index contributed by atoms with van der Waals surface area (Å²) < 4.78 is 2.59. The minimum atomic E-state index is 1.13. The molecule has 0 bridgehead atoms. The van der Waals surface area contributed by atoms with Gasteiger partial charge in [-0.3, -0.25) is 0 Å². The molecule has 48 heavy (non-hydrogen) atoms. The van der Waals surface area contributed by atoms with E-state index in [4.69, 9.17) is 0 Å². The second-order valence-electron chi connectivity index (χ2n) is 12.2. The Balaban J connectivity index is 1.18. The molecule has 0 saturated heterocycles. The van der Waals surface area contributed by atoms with Crippen molar-refractivity contribution in [3.05, 3.63) is 188 Å². The van der Waals surface area contributed by atoms with Gasteiger partial charge < -0.3 is 4.90 Å². The number of hydrogen-bond acceptors (Lipinski definition) is 2. The second-order valence-corrected chi connectivity index (χ2v) is 13.2. The first-order valence-corrected chi connectivity index (χ1v) is 17.2. The molecule has 0 aliphatic rings. The van der Waals surface area contributed by atoms with E-state index in [1.165, 1.54) is 70.0 Å². The smallest absolute Gasteiger partial charge is 0.0640 e. The van der Waals surface area contributed by atoms with Crippen molar-refractivity contribution in [3.63, 3.8) is 0 Å². The molecule has 226 valence electrons. The molecule has 9 rings (SSSR count). The van der Waals surface area contributed by atoms with E-state index in [1.54, 1.807) is 0 Å². The zero-order valence-corrected chi connectivity index (χ0v) is 27.1. The highest BCUT2D eigenvalue weighted by atomic mass is 32.1. The number of hydrogen-bond donors (Lipinski definition) is 0. The maximum absolute atomic E-state index is 2.41. The summed E-state index contributed by atoms with van der Waals surface area (Å²) >= 11 is 1.86. The van der Waals surface area contributed by atoms with E-state index in [2.05, 4.69) is 193 Å². The number of benzene rings is 8. The lowest BCUT2D eigenvalue weighted by Crippen LogP contribution is -2.10. The number of anilines is 3. The molecule has 0 atom stereocenters. The quantitative estimate of drug-likeness (QED) is 0.177. The van der Waals surface area contributed by atoms with Gasteiger partial charge in [-0.05, 0) is 92.7 Å². The third kappa shape index (κ3) is 5.04. The van der Waals surface area contributed by atoms with Crippen LogP contribution in [0.2, 0.25) is 0 Å². The van der Waals surface area contributed by atoms with Crippen LogP contribution < -0.4 is 4.90 Å². The van der Waals surface area contributed by atoms with Gasteiger partial charge in [-0.25, -0.2) is 0 Å². The fraction of sp³-hybridized carbons (Fsp3) is 0. The Morgan fingerprint density at radius 1 is 0.354 bits per heavy atom. The molecule has 0 aliphatic heterocycles. The summed E-state index contributed by atoms with van der Waals surface area (Å²) in [7, 11) is 0. The second kappa shape index (κ2) is 12.0. The molecule has 0 unspecified atom stereocenters. The monoisotopic (exact) mass is 629 g/mol. The van der Waals surface area contributed by atoms with Gasteiger partial charge in [0.1, 0.15) is 0 Å². The van der Waals surface area contributed by atoms with Gasteiger partial charge in [0.05, 0.1) is 10.4 Å².